The van der Waals surface area contributed by atoms with Crippen molar-refractivity contribution in [3.05, 3.63) is 65.2 Å². The third-order valence-corrected chi connectivity index (χ3v) is 4.62. The van der Waals surface area contributed by atoms with Crippen LogP contribution in [0.1, 0.15) is 58.4 Å². The number of hydrogen-bond acceptors (Lipinski definition) is 3. The minimum Gasteiger partial charge on any atom is -0.349 e. The Bertz CT molecular complexity index is 848. The Morgan fingerprint density at radius 1 is 0.923 bits per heavy atom. The van der Waals surface area contributed by atoms with Gasteiger partial charge in [-0.3, -0.25) is 9.59 Å². The molecule has 1 aliphatic carbocycles. The summed E-state index contributed by atoms with van der Waals surface area (Å²) in [6.07, 6.45) is 5.54. The summed E-state index contributed by atoms with van der Waals surface area (Å²) in [6, 6.07) is 15.7. The molecule has 0 saturated heterocycles. The van der Waals surface area contributed by atoms with Crippen molar-refractivity contribution in [2.75, 3.05) is 5.32 Å². The first-order chi connectivity index (χ1) is 12.7. The molecule has 0 radical (unpaired) electrons. The van der Waals surface area contributed by atoms with E-state index in [0.29, 0.717) is 22.4 Å². The molecule has 0 aliphatic heterocycles. The van der Waals surface area contributed by atoms with Crippen molar-refractivity contribution in [2.24, 2.45) is 0 Å². The van der Waals surface area contributed by atoms with Crippen LogP contribution in [-0.4, -0.2) is 17.9 Å². The number of nitrogens with one attached hydrogen (secondary N) is 2. The molecule has 2 aromatic rings. The number of rotatable bonds is 4. The lowest BCUT2D eigenvalue weighted by Gasteiger charge is -2.22. The van der Waals surface area contributed by atoms with Crippen molar-refractivity contribution in [3.63, 3.8) is 0 Å². The molecule has 1 aliphatic rings. The smallest absolute Gasteiger partial charge is 0.255 e. The Hall–Kier alpha value is -3.13. The van der Waals surface area contributed by atoms with Crippen LogP contribution < -0.4 is 10.6 Å². The van der Waals surface area contributed by atoms with Crippen LogP contribution in [0.4, 0.5) is 5.69 Å². The first-order valence-electron chi connectivity index (χ1n) is 8.89. The normalized spacial score (nSPS) is 14.3. The van der Waals surface area contributed by atoms with Crippen LogP contribution in [0, 0.1) is 11.3 Å². The summed E-state index contributed by atoms with van der Waals surface area (Å²) in [5.41, 5.74) is 1.70. The molecular weight excluding hydrogens is 326 g/mol. The second-order valence-electron chi connectivity index (χ2n) is 6.50. The van der Waals surface area contributed by atoms with Gasteiger partial charge in [-0.05, 0) is 43.2 Å². The lowest BCUT2D eigenvalue weighted by atomic mass is 9.95. The summed E-state index contributed by atoms with van der Waals surface area (Å²) in [5, 5.41) is 14.9. The Balaban J connectivity index is 1.71. The molecule has 0 spiro atoms. The average molecular weight is 347 g/mol. The van der Waals surface area contributed by atoms with Gasteiger partial charge in [-0.15, -0.1) is 0 Å². The zero-order valence-electron chi connectivity index (χ0n) is 14.5. The number of nitriles is 1. The maximum absolute atomic E-state index is 12.5. The standard InChI is InChI=1S/C21H21N3O2/c22-14-17-7-4-5-12-19(17)24-21(26)16-9-6-8-15(13-16)20(25)23-18-10-2-1-3-11-18/h4-9,12-13,18H,1-3,10-11H2,(H,23,25)(H,24,26). The van der Waals surface area contributed by atoms with E-state index in [1.54, 1.807) is 48.5 Å². The third kappa shape index (κ3) is 4.28. The Kier molecular flexibility index (Phi) is 5.65. The highest BCUT2D eigenvalue weighted by atomic mass is 16.2. The van der Waals surface area contributed by atoms with Crippen molar-refractivity contribution in [2.45, 2.75) is 38.1 Å². The van der Waals surface area contributed by atoms with Crippen LogP contribution in [0.2, 0.25) is 0 Å². The van der Waals surface area contributed by atoms with Crippen molar-refractivity contribution < 1.29 is 9.59 Å². The van der Waals surface area contributed by atoms with Gasteiger partial charge in [-0.25, -0.2) is 0 Å². The number of nitrogens with zero attached hydrogens (tertiary/aromatic N) is 1. The number of hydrogen-bond donors (Lipinski definition) is 2. The van der Waals surface area contributed by atoms with E-state index in [4.69, 9.17) is 5.26 Å². The molecule has 26 heavy (non-hydrogen) atoms. The van der Waals surface area contributed by atoms with Gasteiger partial charge in [-0.1, -0.05) is 37.5 Å². The quantitative estimate of drug-likeness (QED) is 0.881. The molecule has 1 saturated carbocycles. The zero-order chi connectivity index (χ0) is 18.4. The lowest BCUT2D eigenvalue weighted by molar-refractivity contribution is 0.0927. The second-order valence-corrected chi connectivity index (χ2v) is 6.50. The van der Waals surface area contributed by atoms with Crippen molar-refractivity contribution >= 4 is 17.5 Å². The molecule has 1 fully saturated rings. The summed E-state index contributed by atoms with van der Waals surface area (Å²) in [5.74, 6) is -0.496. The molecule has 5 heteroatoms. The van der Waals surface area contributed by atoms with Crippen LogP contribution in [-0.2, 0) is 0 Å². The van der Waals surface area contributed by atoms with E-state index in [-0.39, 0.29) is 17.9 Å². The van der Waals surface area contributed by atoms with Crippen molar-refractivity contribution in [1.29, 1.82) is 5.26 Å². The first-order valence-corrected chi connectivity index (χ1v) is 8.89. The van der Waals surface area contributed by atoms with Crippen LogP contribution in [0.3, 0.4) is 0 Å². The SMILES string of the molecule is N#Cc1ccccc1NC(=O)c1cccc(C(=O)NC2CCCCC2)c1. The molecule has 2 aromatic carbocycles. The highest BCUT2D eigenvalue weighted by molar-refractivity contribution is 6.06. The molecule has 0 bridgehead atoms. The van der Waals surface area contributed by atoms with Gasteiger partial charge in [0.15, 0.2) is 0 Å². The fourth-order valence-corrected chi connectivity index (χ4v) is 3.20. The summed E-state index contributed by atoms with van der Waals surface area (Å²) >= 11 is 0. The molecule has 132 valence electrons. The monoisotopic (exact) mass is 347 g/mol. The first kappa shape index (κ1) is 17.7. The number of para-hydroxylation sites is 1. The zero-order valence-corrected chi connectivity index (χ0v) is 14.5. The van der Waals surface area contributed by atoms with Gasteiger partial charge in [0.1, 0.15) is 6.07 Å². The van der Waals surface area contributed by atoms with E-state index in [1.807, 2.05) is 6.07 Å². The molecule has 2 amide bonds. The topological polar surface area (TPSA) is 82.0 Å². The largest absolute Gasteiger partial charge is 0.349 e. The third-order valence-electron chi connectivity index (χ3n) is 4.62. The predicted molar refractivity (Wildman–Crippen MR) is 99.9 cm³/mol. The fraction of sp³-hybridized carbons (Fsp3) is 0.286. The van der Waals surface area contributed by atoms with Gasteiger partial charge in [0.05, 0.1) is 11.3 Å². The Morgan fingerprint density at radius 2 is 1.62 bits per heavy atom. The van der Waals surface area contributed by atoms with Crippen LogP contribution in [0.5, 0.6) is 0 Å². The van der Waals surface area contributed by atoms with E-state index < -0.39 is 0 Å². The van der Waals surface area contributed by atoms with Gasteiger partial charge >= 0.3 is 0 Å². The molecule has 5 nitrogen and oxygen atoms in total. The minimum absolute atomic E-state index is 0.149. The maximum atomic E-state index is 12.5. The molecule has 0 atom stereocenters. The van der Waals surface area contributed by atoms with Crippen LogP contribution >= 0.6 is 0 Å². The van der Waals surface area contributed by atoms with Crippen molar-refractivity contribution in [1.82, 2.24) is 5.32 Å². The van der Waals surface area contributed by atoms with Gasteiger partial charge in [0, 0.05) is 17.2 Å². The van der Waals surface area contributed by atoms with Gasteiger partial charge in [0.2, 0.25) is 0 Å². The summed E-state index contributed by atoms with van der Waals surface area (Å²) < 4.78 is 0. The predicted octanol–water partition coefficient (Wildman–Crippen LogP) is 3.87. The van der Waals surface area contributed by atoms with Crippen LogP contribution in [0.15, 0.2) is 48.5 Å². The average Bonchev–Trinajstić information content (AvgIpc) is 2.69. The number of anilines is 1. The number of benzene rings is 2. The number of carbonyl (C=O) groups excluding carboxylic acids is 2. The van der Waals surface area contributed by atoms with Crippen molar-refractivity contribution in [3.8, 4) is 6.07 Å². The second kappa shape index (κ2) is 8.30. The summed E-state index contributed by atoms with van der Waals surface area (Å²) in [6.45, 7) is 0. The summed E-state index contributed by atoms with van der Waals surface area (Å²) in [7, 11) is 0. The molecular formula is C21H21N3O2. The summed E-state index contributed by atoms with van der Waals surface area (Å²) in [4.78, 5) is 25.0. The molecule has 3 rings (SSSR count). The molecule has 2 N–H and O–H groups in total. The van der Waals surface area contributed by atoms with Gasteiger partial charge < -0.3 is 10.6 Å². The maximum Gasteiger partial charge on any atom is 0.255 e. The van der Waals surface area contributed by atoms with E-state index in [0.717, 1.165) is 25.7 Å². The molecule has 0 aromatic heterocycles. The van der Waals surface area contributed by atoms with E-state index in [9.17, 15) is 9.59 Å². The number of carbonyl (C=O) groups is 2. The van der Waals surface area contributed by atoms with E-state index in [2.05, 4.69) is 10.6 Å². The Morgan fingerprint density at radius 3 is 2.35 bits per heavy atom. The van der Waals surface area contributed by atoms with E-state index >= 15 is 0 Å². The fourth-order valence-electron chi connectivity index (χ4n) is 3.20. The highest BCUT2D eigenvalue weighted by Crippen LogP contribution is 2.19. The highest BCUT2D eigenvalue weighted by Gasteiger charge is 2.17. The Labute approximate surface area is 153 Å². The van der Waals surface area contributed by atoms with Gasteiger partial charge in [0.25, 0.3) is 11.8 Å². The van der Waals surface area contributed by atoms with Gasteiger partial charge in [-0.2, -0.15) is 5.26 Å². The van der Waals surface area contributed by atoms with Crippen LogP contribution in [0.25, 0.3) is 0 Å². The number of amides is 2. The minimum atomic E-state index is -0.347. The molecule has 0 heterocycles. The lowest BCUT2D eigenvalue weighted by Crippen LogP contribution is -2.36. The molecule has 0 unspecified atom stereocenters. The van der Waals surface area contributed by atoms with E-state index in [1.165, 1.54) is 6.42 Å².